The first kappa shape index (κ1) is 14.1. The Morgan fingerprint density at radius 1 is 1.09 bits per heavy atom. The number of carbonyl (C=O) groups is 1. The van der Waals surface area contributed by atoms with E-state index in [2.05, 4.69) is 24.3 Å². The molecule has 2 aliphatic carbocycles. The summed E-state index contributed by atoms with van der Waals surface area (Å²) in [7, 11) is 0. The lowest BCUT2D eigenvalue weighted by molar-refractivity contribution is 0.0559. The van der Waals surface area contributed by atoms with Crippen molar-refractivity contribution >= 4 is 6.09 Å². The van der Waals surface area contributed by atoms with Gasteiger partial charge in [-0.25, -0.2) is 4.79 Å². The molecule has 3 aliphatic rings. The summed E-state index contributed by atoms with van der Waals surface area (Å²) >= 11 is 0. The minimum atomic E-state index is -0.0726. The zero-order valence-electron chi connectivity index (χ0n) is 13.2. The van der Waals surface area contributed by atoms with Gasteiger partial charge < -0.3 is 9.64 Å². The van der Waals surface area contributed by atoms with Crippen molar-refractivity contribution in [3.05, 3.63) is 35.9 Å². The highest BCUT2D eigenvalue weighted by Gasteiger charge is 2.45. The number of hydrogen-bond donors (Lipinski definition) is 0. The summed E-state index contributed by atoms with van der Waals surface area (Å²) in [6, 6.07) is 10.5. The molecule has 22 heavy (non-hydrogen) atoms. The van der Waals surface area contributed by atoms with Gasteiger partial charge in [0.05, 0.1) is 0 Å². The number of rotatable bonds is 2. The van der Waals surface area contributed by atoms with Crippen LogP contribution in [0.2, 0.25) is 0 Å². The summed E-state index contributed by atoms with van der Waals surface area (Å²) in [5.74, 6) is 0.380. The van der Waals surface area contributed by atoms with Crippen molar-refractivity contribution < 1.29 is 9.53 Å². The largest absolute Gasteiger partial charge is 0.445 e. The molecule has 4 rings (SSSR count). The van der Waals surface area contributed by atoms with Crippen LogP contribution in [-0.2, 0) is 4.74 Å². The molecule has 3 nitrogen and oxygen atoms in total. The Morgan fingerprint density at radius 3 is 2.59 bits per heavy atom. The molecule has 1 amide bonds. The monoisotopic (exact) mass is 299 g/mol. The van der Waals surface area contributed by atoms with Crippen molar-refractivity contribution in [2.45, 2.75) is 57.0 Å². The molecular formula is C19H25NO2. The zero-order valence-corrected chi connectivity index (χ0v) is 13.2. The fourth-order valence-electron chi connectivity index (χ4n) is 4.53. The molecule has 0 N–H and O–H groups in total. The normalized spacial score (nSPS) is 29.5. The fraction of sp³-hybridized carbons (Fsp3) is 0.632. The molecule has 1 heterocycles. The number of carbonyl (C=O) groups excluding carboxylic acids is 1. The average molecular weight is 299 g/mol. The van der Waals surface area contributed by atoms with Gasteiger partial charge in [-0.15, -0.1) is 0 Å². The lowest BCUT2D eigenvalue weighted by Gasteiger charge is -2.37. The van der Waals surface area contributed by atoms with E-state index in [-0.39, 0.29) is 12.2 Å². The summed E-state index contributed by atoms with van der Waals surface area (Å²) in [6.45, 7) is 1.82. The lowest BCUT2D eigenvalue weighted by Crippen LogP contribution is -2.37. The molecule has 0 bridgehead atoms. The summed E-state index contributed by atoms with van der Waals surface area (Å²) in [5, 5.41) is 0. The third-order valence-electron chi connectivity index (χ3n) is 6.04. The molecule has 1 spiro atoms. The SMILES string of the molecule is O=C(O[C@@H]1CCC[C@H]1c1ccccc1)N1CCC2(CCC2)C1. The van der Waals surface area contributed by atoms with Gasteiger partial charge in [-0.2, -0.15) is 0 Å². The minimum Gasteiger partial charge on any atom is -0.445 e. The summed E-state index contributed by atoms with van der Waals surface area (Å²) in [5.41, 5.74) is 1.77. The number of amides is 1. The second kappa shape index (κ2) is 5.60. The third-order valence-corrected chi connectivity index (χ3v) is 6.04. The van der Waals surface area contributed by atoms with Gasteiger partial charge in [-0.3, -0.25) is 0 Å². The number of ether oxygens (including phenoxy) is 1. The number of nitrogens with zero attached hydrogens (tertiary/aromatic N) is 1. The van der Waals surface area contributed by atoms with Gasteiger partial charge >= 0.3 is 6.09 Å². The molecule has 2 atom stereocenters. The van der Waals surface area contributed by atoms with Crippen LogP contribution in [0.4, 0.5) is 4.79 Å². The van der Waals surface area contributed by atoms with E-state index >= 15 is 0 Å². The molecule has 0 aromatic heterocycles. The van der Waals surface area contributed by atoms with Gasteiger partial charge in [-0.05, 0) is 49.5 Å². The molecule has 3 fully saturated rings. The predicted octanol–water partition coefficient (Wildman–Crippen LogP) is 4.34. The van der Waals surface area contributed by atoms with Crippen LogP contribution < -0.4 is 0 Å². The van der Waals surface area contributed by atoms with Crippen LogP contribution in [0, 0.1) is 5.41 Å². The van der Waals surface area contributed by atoms with Gasteiger partial charge in [-0.1, -0.05) is 36.8 Å². The van der Waals surface area contributed by atoms with Crippen LogP contribution in [0.15, 0.2) is 30.3 Å². The number of hydrogen-bond acceptors (Lipinski definition) is 2. The molecule has 3 heteroatoms. The van der Waals surface area contributed by atoms with E-state index in [1.54, 1.807) is 0 Å². The Balaban J connectivity index is 1.39. The van der Waals surface area contributed by atoms with Crippen LogP contribution in [-0.4, -0.2) is 30.2 Å². The average Bonchev–Trinajstić information content (AvgIpc) is 3.14. The fourth-order valence-corrected chi connectivity index (χ4v) is 4.53. The van der Waals surface area contributed by atoms with Gasteiger partial charge in [0.15, 0.2) is 0 Å². The van der Waals surface area contributed by atoms with E-state index in [4.69, 9.17) is 4.74 Å². The molecule has 0 radical (unpaired) electrons. The topological polar surface area (TPSA) is 29.5 Å². The molecule has 118 valence electrons. The van der Waals surface area contributed by atoms with Crippen LogP contribution >= 0.6 is 0 Å². The Hall–Kier alpha value is -1.51. The van der Waals surface area contributed by atoms with Crippen molar-refractivity contribution in [1.82, 2.24) is 4.90 Å². The molecule has 2 saturated carbocycles. The predicted molar refractivity (Wildman–Crippen MR) is 85.8 cm³/mol. The molecule has 1 aromatic rings. The maximum absolute atomic E-state index is 12.5. The Morgan fingerprint density at radius 2 is 1.91 bits per heavy atom. The van der Waals surface area contributed by atoms with Crippen LogP contribution in [0.3, 0.4) is 0 Å². The third kappa shape index (κ3) is 2.51. The number of benzene rings is 1. The first-order valence-electron chi connectivity index (χ1n) is 8.76. The zero-order chi connectivity index (χ0) is 15.0. The molecular weight excluding hydrogens is 274 g/mol. The van der Waals surface area contributed by atoms with Crippen LogP contribution in [0.1, 0.15) is 56.4 Å². The Bertz CT molecular complexity index is 538. The summed E-state index contributed by atoms with van der Waals surface area (Å²) < 4.78 is 5.91. The lowest BCUT2D eigenvalue weighted by atomic mass is 9.68. The van der Waals surface area contributed by atoms with Crippen molar-refractivity contribution in [2.75, 3.05) is 13.1 Å². The van der Waals surface area contributed by atoms with Crippen molar-refractivity contribution in [3.8, 4) is 0 Å². The molecule has 1 saturated heterocycles. The highest BCUT2D eigenvalue weighted by atomic mass is 16.6. The second-order valence-electron chi connectivity index (χ2n) is 7.40. The molecule has 1 aliphatic heterocycles. The van der Waals surface area contributed by atoms with Crippen LogP contribution in [0.5, 0.6) is 0 Å². The molecule has 1 aromatic carbocycles. The number of likely N-dealkylation sites (tertiary alicyclic amines) is 1. The van der Waals surface area contributed by atoms with Crippen molar-refractivity contribution in [1.29, 1.82) is 0 Å². The Kier molecular flexibility index (Phi) is 3.59. The first-order chi connectivity index (χ1) is 10.8. The highest BCUT2D eigenvalue weighted by Crippen LogP contribution is 2.48. The van der Waals surface area contributed by atoms with Gasteiger partial charge in [0, 0.05) is 19.0 Å². The smallest absolute Gasteiger partial charge is 0.410 e. The molecule has 0 unspecified atom stereocenters. The second-order valence-corrected chi connectivity index (χ2v) is 7.40. The van der Waals surface area contributed by atoms with E-state index < -0.39 is 0 Å². The quantitative estimate of drug-likeness (QED) is 0.813. The van der Waals surface area contributed by atoms with Gasteiger partial charge in [0.25, 0.3) is 0 Å². The van der Waals surface area contributed by atoms with E-state index in [0.717, 1.165) is 32.4 Å². The van der Waals surface area contributed by atoms with Crippen LogP contribution in [0.25, 0.3) is 0 Å². The summed E-state index contributed by atoms with van der Waals surface area (Å²) in [4.78, 5) is 14.5. The van der Waals surface area contributed by atoms with E-state index in [1.165, 1.54) is 31.2 Å². The van der Waals surface area contributed by atoms with Crippen molar-refractivity contribution in [3.63, 3.8) is 0 Å². The minimum absolute atomic E-state index is 0.0628. The van der Waals surface area contributed by atoms with Gasteiger partial charge in [0.1, 0.15) is 6.10 Å². The van der Waals surface area contributed by atoms with Gasteiger partial charge in [0.2, 0.25) is 0 Å². The maximum atomic E-state index is 12.5. The van der Waals surface area contributed by atoms with Crippen molar-refractivity contribution in [2.24, 2.45) is 5.41 Å². The van der Waals surface area contributed by atoms with E-state index in [1.807, 2.05) is 11.0 Å². The van der Waals surface area contributed by atoms with E-state index in [0.29, 0.717) is 11.3 Å². The Labute approximate surface area is 132 Å². The summed E-state index contributed by atoms with van der Waals surface area (Å²) in [6.07, 6.45) is 8.39. The van der Waals surface area contributed by atoms with E-state index in [9.17, 15) is 4.79 Å². The maximum Gasteiger partial charge on any atom is 0.410 e. The standard InChI is InChI=1S/C19H25NO2/c21-18(20-13-12-19(14-20)10-5-11-19)22-17-9-4-8-16(17)15-6-2-1-3-7-15/h1-3,6-7,16-17H,4-5,8-14H2/t16-,17+/m0/s1. The highest BCUT2D eigenvalue weighted by molar-refractivity contribution is 5.68. The first-order valence-corrected chi connectivity index (χ1v) is 8.76.